The van der Waals surface area contributed by atoms with Crippen molar-refractivity contribution >= 4 is 0 Å². The van der Waals surface area contributed by atoms with Gasteiger partial charge in [0.2, 0.25) is 0 Å². The fraction of sp³-hybridized carbons (Fsp3) is 0.200. The van der Waals surface area contributed by atoms with Crippen LogP contribution in [0.3, 0.4) is 0 Å². The number of furan rings is 1. The molecule has 0 saturated heterocycles. The Bertz CT molecular complexity index is 436. The van der Waals surface area contributed by atoms with Gasteiger partial charge in [-0.05, 0) is 13.0 Å². The molecule has 2 aromatic heterocycles. The van der Waals surface area contributed by atoms with E-state index in [-0.39, 0.29) is 0 Å². The van der Waals surface area contributed by atoms with Crippen LogP contribution in [0.1, 0.15) is 11.3 Å². The van der Waals surface area contributed by atoms with Gasteiger partial charge in [-0.1, -0.05) is 0 Å². The molecule has 0 unspecified atom stereocenters. The molecule has 0 aliphatic rings. The molecule has 0 saturated carbocycles. The zero-order chi connectivity index (χ0) is 9.97. The van der Waals surface area contributed by atoms with E-state index in [1.54, 1.807) is 12.5 Å². The van der Waals surface area contributed by atoms with Crippen molar-refractivity contribution in [2.45, 2.75) is 13.5 Å². The largest absolute Gasteiger partial charge is 0.464 e. The first-order valence-electron chi connectivity index (χ1n) is 4.36. The summed E-state index contributed by atoms with van der Waals surface area (Å²) in [6.07, 6.45) is 4.88. The van der Waals surface area contributed by atoms with Crippen molar-refractivity contribution in [2.24, 2.45) is 5.73 Å². The Hall–Kier alpha value is -1.68. The summed E-state index contributed by atoms with van der Waals surface area (Å²) in [5.41, 5.74) is 8.35. The summed E-state index contributed by atoms with van der Waals surface area (Å²) in [5.74, 6) is 0.769. The monoisotopic (exact) mass is 189 g/mol. The van der Waals surface area contributed by atoms with E-state index in [0.717, 1.165) is 22.6 Å². The first kappa shape index (κ1) is 8.90. The standard InChI is InChI=1S/C10H11N3O/c1-7-9(5-12-6-13-7)10-8(4-11)2-3-14-10/h2-3,5-6H,4,11H2,1H3. The quantitative estimate of drug-likeness (QED) is 0.777. The third-order valence-corrected chi connectivity index (χ3v) is 2.12. The Labute approximate surface area is 81.8 Å². The van der Waals surface area contributed by atoms with Crippen molar-refractivity contribution in [2.75, 3.05) is 0 Å². The molecule has 0 amide bonds. The van der Waals surface area contributed by atoms with Crippen LogP contribution >= 0.6 is 0 Å². The highest BCUT2D eigenvalue weighted by Crippen LogP contribution is 2.25. The Morgan fingerprint density at radius 3 is 3.07 bits per heavy atom. The molecule has 2 aromatic rings. The van der Waals surface area contributed by atoms with E-state index < -0.39 is 0 Å². The average Bonchev–Trinajstić information content (AvgIpc) is 2.66. The third-order valence-electron chi connectivity index (χ3n) is 2.12. The summed E-state index contributed by atoms with van der Waals surface area (Å²) in [7, 11) is 0. The second kappa shape index (κ2) is 3.59. The maximum atomic E-state index is 5.58. The van der Waals surface area contributed by atoms with Crippen molar-refractivity contribution in [3.63, 3.8) is 0 Å². The summed E-state index contributed by atoms with van der Waals surface area (Å²) in [6.45, 7) is 2.37. The van der Waals surface area contributed by atoms with E-state index in [4.69, 9.17) is 10.2 Å². The average molecular weight is 189 g/mol. The van der Waals surface area contributed by atoms with E-state index >= 15 is 0 Å². The molecule has 4 nitrogen and oxygen atoms in total. The van der Waals surface area contributed by atoms with E-state index in [1.165, 1.54) is 6.33 Å². The van der Waals surface area contributed by atoms with Gasteiger partial charge in [-0.3, -0.25) is 0 Å². The van der Waals surface area contributed by atoms with Gasteiger partial charge in [0, 0.05) is 18.3 Å². The highest BCUT2D eigenvalue weighted by molar-refractivity contribution is 5.62. The minimum Gasteiger partial charge on any atom is -0.464 e. The van der Waals surface area contributed by atoms with Gasteiger partial charge in [0.25, 0.3) is 0 Å². The lowest BCUT2D eigenvalue weighted by Gasteiger charge is -2.02. The number of aromatic nitrogens is 2. The summed E-state index contributed by atoms with van der Waals surface area (Å²) in [6, 6.07) is 1.86. The van der Waals surface area contributed by atoms with Crippen LogP contribution in [0.25, 0.3) is 11.3 Å². The van der Waals surface area contributed by atoms with E-state index in [2.05, 4.69) is 9.97 Å². The number of rotatable bonds is 2. The molecule has 14 heavy (non-hydrogen) atoms. The van der Waals surface area contributed by atoms with Crippen LogP contribution < -0.4 is 5.73 Å². The lowest BCUT2D eigenvalue weighted by atomic mass is 10.1. The van der Waals surface area contributed by atoms with Gasteiger partial charge in [0.1, 0.15) is 12.1 Å². The van der Waals surface area contributed by atoms with Crippen molar-refractivity contribution in [1.82, 2.24) is 9.97 Å². The first-order valence-corrected chi connectivity index (χ1v) is 4.36. The Morgan fingerprint density at radius 2 is 2.36 bits per heavy atom. The molecule has 2 rings (SSSR count). The lowest BCUT2D eigenvalue weighted by Crippen LogP contribution is -1.97. The van der Waals surface area contributed by atoms with Gasteiger partial charge in [0.05, 0.1) is 17.5 Å². The maximum absolute atomic E-state index is 5.58. The summed E-state index contributed by atoms with van der Waals surface area (Å²) in [4.78, 5) is 8.06. The number of nitrogens with zero attached hydrogens (tertiary/aromatic N) is 2. The fourth-order valence-corrected chi connectivity index (χ4v) is 1.35. The molecule has 0 atom stereocenters. The highest BCUT2D eigenvalue weighted by Gasteiger charge is 2.10. The van der Waals surface area contributed by atoms with E-state index in [0.29, 0.717) is 6.54 Å². The molecule has 0 radical (unpaired) electrons. The normalized spacial score (nSPS) is 10.4. The molecule has 72 valence electrons. The molecule has 2 heterocycles. The van der Waals surface area contributed by atoms with Crippen LogP contribution in [0.5, 0.6) is 0 Å². The Morgan fingerprint density at radius 1 is 1.50 bits per heavy atom. The van der Waals surface area contributed by atoms with E-state index in [1.807, 2.05) is 13.0 Å². The van der Waals surface area contributed by atoms with Gasteiger partial charge >= 0.3 is 0 Å². The van der Waals surface area contributed by atoms with Gasteiger partial charge in [-0.2, -0.15) is 0 Å². The van der Waals surface area contributed by atoms with Crippen molar-refractivity contribution in [3.05, 3.63) is 36.1 Å². The molecule has 2 N–H and O–H groups in total. The number of aryl methyl sites for hydroxylation is 1. The first-order chi connectivity index (χ1) is 6.83. The Kier molecular flexibility index (Phi) is 2.28. The van der Waals surface area contributed by atoms with Crippen LogP contribution in [0.4, 0.5) is 0 Å². The van der Waals surface area contributed by atoms with Gasteiger partial charge in [-0.15, -0.1) is 0 Å². The van der Waals surface area contributed by atoms with Crippen molar-refractivity contribution in [1.29, 1.82) is 0 Å². The van der Waals surface area contributed by atoms with Crippen LogP contribution in [-0.4, -0.2) is 9.97 Å². The predicted octanol–water partition coefficient (Wildman–Crippen LogP) is 1.50. The van der Waals surface area contributed by atoms with Crippen LogP contribution in [0.2, 0.25) is 0 Å². The maximum Gasteiger partial charge on any atom is 0.141 e. The zero-order valence-electron chi connectivity index (χ0n) is 7.90. The molecular weight excluding hydrogens is 178 g/mol. The smallest absolute Gasteiger partial charge is 0.141 e. The van der Waals surface area contributed by atoms with E-state index in [9.17, 15) is 0 Å². The zero-order valence-corrected chi connectivity index (χ0v) is 7.90. The summed E-state index contributed by atoms with van der Waals surface area (Å²) in [5, 5.41) is 0. The summed E-state index contributed by atoms with van der Waals surface area (Å²) >= 11 is 0. The van der Waals surface area contributed by atoms with Gasteiger partial charge < -0.3 is 10.2 Å². The van der Waals surface area contributed by atoms with Crippen LogP contribution in [-0.2, 0) is 6.54 Å². The molecule has 0 fully saturated rings. The molecule has 0 bridgehead atoms. The minimum absolute atomic E-state index is 0.458. The summed E-state index contributed by atoms with van der Waals surface area (Å²) < 4.78 is 5.36. The molecule has 0 aliphatic carbocycles. The number of hydrogen-bond donors (Lipinski definition) is 1. The molecule has 0 spiro atoms. The van der Waals surface area contributed by atoms with Crippen molar-refractivity contribution in [3.8, 4) is 11.3 Å². The Balaban J connectivity index is 2.54. The number of hydrogen-bond acceptors (Lipinski definition) is 4. The second-order valence-electron chi connectivity index (χ2n) is 3.00. The SMILES string of the molecule is Cc1ncncc1-c1occc1CN. The van der Waals surface area contributed by atoms with Crippen molar-refractivity contribution < 1.29 is 4.42 Å². The topological polar surface area (TPSA) is 64.9 Å². The number of nitrogens with two attached hydrogens (primary N) is 1. The van der Waals surface area contributed by atoms with Crippen LogP contribution in [0.15, 0.2) is 29.3 Å². The highest BCUT2D eigenvalue weighted by atomic mass is 16.3. The van der Waals surface area contributed by atoms with Gasteiger partial charge in [-0.25, -0.2) is 9.97 Å². The molecule has 0 aliphatic heterocycles. The minimum atomic E-state index is 0.458. The lowest BCUT2D eigenvalue weighted by molar-refractivity contribution is 0.578. The molecule has 4 heteroatoms. The molecular formula is C10H11N3O. The fourth-order valence-electron chi connectivity index (χ4n) is 1.35. The van der Waals surface area contributed by atoms with Gasteiger partial charge in [0.15, 0.2) is 0 Å². The van der Waals surface area contributed by atoms with Crippen LogP contribution in [0, 0.1) is 6.92 Å². The second-order valence-corrected chi connectivity index (χ2v) is 3.00. The predicted molar refractivity (Wildman–Crippen MR) is 52.4 cm³/mol. The molecule has 0 aromatic carbocycles. The third kappa shape index (κ3) is 1.40.